The van der Waals surface area contributed by atoms with E-state index in [9.17, 15) is 0 Å². The van der Waals surface area contributed by atoms with E-state index in [0.29, 0.717) is 0 Å². The van der Waals surface area contributed by atoms with Crippen LogP contribution in [0.25, 0.3) is 11.3 Å². The highest BCUT2D eigenvalue weighted by Crippen LogP contribution is 2.31. The van der Waals surface area contributed by atoms with E-state index in [4.69, 9.17) is 14.9 Å². The molecule has 3 nitrogen and oxygen atoms in total. The molecule has 0 spiro atoms. The van der Waals surface area contributed by atoms with Gasteiger partial charge in [-0.25, -0.2) is 0 Å². The van der Waals surface area contributed by atoms with Crippen molar-refractivity contribution in [1.82, 2.24) is 0 Å². The van der Waals surface area contributed by atoms with Crippen molar-refractivity contribution < 1.29 is 9.15 Å². The lowest BCUT2D eigenvalue weighted by molar-refractivity contribution is 0.413. The van der Waals surface area contributed by atoms with Crippen LogP contribution in [0, 0.1) is 0 Å². The fourth-order valence-electron chi connectivity index (χ4n) is 1.59. The van der Waals surface area contributed by atoms with Gasteiger partial charge in [0.2, 0.25) is 0 Å². The Labute approximate surface area is 94.8 Å². The monoisotopic (exact) mass is 217 g/mol. The van der Waals surface area contributed by atoms with Gasteiger partial charge in [0.25, 0.3) is 0 Å². The van der Waals surface area contributed by atoms with E-state index < -0.39 is 0 Å². The van der Waals surface area contributed by atoms with Crippen LogP contribution in [0.3, 0.4) is 0 Å². The number of hydrogen-bond donors (Lipinski definition) is 1. The molecule has 16 heavy (non-hydrogen) atoms. The van der Waals surface area contributed by atoms with Crippen LogP contribution in [0.2, 0.25) is 0 Å². The van der Waals surface area contributed by atoms with Gasteiger partial charge in [0.05, 0.1) is 18.7 Å². The van der Waals surface area contributed by atoms with Gasteiger partial charge in [-0.1, -0.05) is 12.1 Å². The zero-order valence-corrected chi connectivity index (χ0v) is 9.44. The van der Waals surface area contributed by atoms with Crippen LogP contribution >= 0.6 is 0 Å². The van der Waals surface area contributed by atoms with Crippen molar-refractivity contribution in [3.05, 3.63) is 42.2 Å². The van der Waals surface area contributed by atoms with Gasteiger partial charge >= 0.3 is 0 Å². The van der Waals surface area contributed by atoms with Gasteiger partial charge in [0, 0.05) is 0 Å². The van der Waals surface area contributed by atoms with E-state index in [1.165, 1.54) is 0 Å². The van der Waals surface area contributed by atoms with E-state index in [1.807, 2.05) is 43.3 Å². The maximum absolute atomic E-state index is 5.75. The first-order valence-corrected chi connectivity index (χ1v) is 5.21. The van der Waals surface area contributed by atoms with Crippen LogP contribution in [0.5, 0.6) is 5.75 Å². The van der Waals surface area contributed by atoms with Gasteiger partial charge in [-0.05, 0) is 31.2 Å². The average Bonchev–Trinajstić information content (AvgIpc) is 2.78. The van der Waals surface area contributed by atoms with Crippen molar-refractivity contribution in [3.63, 3.8) is 0 Å². The summed E-state index contributed by atoms with van der Waals surface area (Å²) in [4.78, 5) is 0. The van der Waals surface area contributed by atoms with Crippen LogP contribution < -0.4 is 10.5 Å². The zero-order valence-electron chi connectivity index (χ0n) is 9.44. The molecule has 1 heterocycles. The molecule has 2 rings (SSSR count). The number of furan rings is 1. The van der Waals surface area contributed by atoms with Crippen LogP contribution in [0.1, 0.15) is 18.7 Å². The summed E-state index contributed by atoms with van der Waals surface area (Å²) in [7, 11) is 1.65. The molecule has 0 aliphatic carbocycles. The van der Waals surface area contributed by atoms with Gasteiger partial charge in [-0.3, -0.25) is 0 Å². The molecule has 0 aliphatic rings. The van der Waals surface area contributed by atoms with E-state index in [0.717, 1.165) is 22.8 Å². The fraction of sp³-hybridized carbons (Fsp3) is 0.231. The molecule has 0 amide bonds. The van der Waals surface area contributed by atoms with Crippen molar-refractivity contribution in [2.45, 2.75) is 13.0 Å². The second kappa shape index (κ2) is 4.41. The highest BCUT2D eigenvalue weighted by atomic mass is 16.5. The summed E-state index contributed by atoms with van der Waals surface area (Å²) < 4.78 is 10.9. The molecule has 1 aromatic heterocycles. The highest BCUT2D eigenvalue weighted by molar-refractivity contribution is 5.65. The number of rotatable bonds is 3. The summed E-state index contributed by atoms with van der Waals surface area (Å²) in [6, 6.07) is 11.5. The molecular weight excluding hydrogens is 202 g/mol. The molecule has 1 atom stereocenters. The number of hydrogen-bond acceptors (Lipinski definition) is 3. The normalized spacial score (nSPS) is 12.4. The first-order valence-electron chi connectivity index (χ1n) is 5.21. The summed E-state index contributed by atoms with van der Waals surface area (Å²) in [5.41, 5.74) is 6.69. The minimum absolute atomic E-state index is 0.0940. The Morgan fingerprint density at radius 3 is 2.56 bits per heavy atom. The standard InChI is InChI=1S/C13H15NO2/c1-9(14)11-7-8-13(16-11)10-5-3-4-6-12(10)15-2/h3-9H,14H2,1-2H3. The molecule has 0 saturated heterocycles. The predicted molar refractivity (Wildman–Crippen MR) is 63.3 cm³/mol. The van der Waals surface area contributed by atoms with E-state index in [1.54, 1.807) is 7.11 Å². The average molecular weight is 217 g/mol. The summed E-state index contributed by atoms with van der Waals surface area (Å²) >= 11 is 0. The maximum atomic E-state index is 5.75. The molecular formula is C13H15NO2. The van der Waals surface area contributed by atoms with Crippen molar-refractivity contribution >= 4 is 0 Å². The largest absolute Gasteiger partial charge is 0.496 e. The number of nitrogens with two attached hydrogens (primary N) is 1. The lowest BCUT2D eigenvalue weighted by Crippen LogP contribution is -2.02. The molecule has 1 unspecified atom stereocenters. The van der Waals surface area contributed by atoms with Crippen LogP contribution in [0.4, 0.5) is 0 Å². The quantitative estimate of drug-likeness (QED) is 0.859. The lowest BCUT2D eigenvalue weighted by Gasteiger charge is -2.05. The number of para-hydroxylation sites is 1. The second-order valence-corrected chi connectivity index (χ2v) is 3.69. The molecule has 0 radical (unpaired) electrons. The van der Waals surface area contributed by atoms with Crippen LogP contribution in [-0.4, -0.2) is 7.11 Å². The van der Waals surface area contributed by atoms with Crippen molar-refractivity contribution in [2.75, 3.05) is 7.11 Å². The van der Waals surface area contributed by atoms with Crippen LogP contribution in [-0.2, 0) is 0 Å². The first-order chi connectivity index (χ1) is 7.72. The summed E-state index contributed by atoms with van der Waals surface area (Å²) in [5.74, 6) is 2.36. The third-order valence-corrected chi connectivity index (χ3v) is 2.45. The van der Waals surface area contributed by atoms with E-state index >= 15 is 0 Å². The van der Waals surface area contributed by atoms with Gasteiger partial charge in [0.15, 0.2) is 0 Å². The van der Waals surface area contributed by atoms with E-state index in [-0.39, 0.29) is 6.04 Å². The third-order valence-electron chi connectivity index (χ3n) is 2.45. The summed E-state index contributed by atoms with van der Waals surface area (Å²) in [6.45, 7) is 1.89. The summed E-state index contributed by atoms with van der Waals surface area (Å²) in [5, 5.41) is 0. The molecule has 2 N–H and O–H groups in total. The minimum Gasteiger partial charge on any atom is -0.496 e. The van der Waals surface area contributed by atoms with Crippen molar-refractivity contribution in [1.29, 1.82) is 0 Å². The Morgan fingerprint density at radius 1 is 1.19 bits per heavy atom. The Kier molecular flexibility index (Phi) is 2.97. The molecule has 84 valence electrons. The lowest BCUT2D eigenvalue weighted by atomic mass is 10.1. The molecule has 3 heteroatoms. The molecule has 0 fully saturated rings. The predicted octanol–water partition coefficient (Wildman–Crippen LogP) is 2.97. The third kappa shape index (κ3) is 1.95. The number of ether oxygens (including phenoxy) is 1. The Balaban J connectivity index is 2.42. The van der Waals surface area contributed by atoms with Crippen molar-refractivity contribution in [3.8, 4) is 17.1 Å². The molecule has 2 aromatic rings. The smallest absolute Gasteiger partial charge is 0.138 e. The molecule has 1 aromatic carbocycles. The topological polar surface area (TPSA) is 48.4 Å². The Hall–Kier alpha value is -1.74. The number of methoxy groups -OCH3 is 1. The number of benzene rings is 1. The molecule has 0 aliphatic heterocycles. The van der Waals surface area contributed by atoms with Crippen molar-refractivity contribution in [2.24, 2.45) is 5.73 Å². The molecule has 0 bridgehead atoms. The fourth-order valence-corrected chi connectivity index (χ4v) is 1.59. The Bertz CT molecular complexity index is 474. The van der Waals surface area contributed by atoms with Gasteiger partial charge in [-0.2, -0.15) is 0 Å². The van der Waals surface area contributed by atoms with Gasteiger partial charge in [-0.15, -0.1) is 0 Å². The SMILES string of the molecule is COc1ccccc1-c1ccc(C(C)N)o1. The zero-order chi connectivity index (χ0) is 11.5. The summed E-state index contributed by atoms with van der Waals surface area (Å²) in [6.07, 6.45) is 0. The van der Waals surface area contributed by atoms with Crippen LogP contribution in [0.15, 0.2) is 40.8 Å². The van der Waals surface area contributed by atoms with Gasteiger partial charge in [0.1, 0.15) is 17.3 Å². The maximum Gasteiger partial charge on any atom is 0.138 e. The van der Waals surface area contributed by atoms with E-state index in [2.05, 4.69) is 0 Å². The highest BCUT2D eigenvalue weighted by Gasteiger charge is 2.11. The second-order valence-electron chi connectivity index (χ2n) is 3.69. The van der Waals surface area contributed by atoms with Gasteiger partial charge < -0.3 is 14.9 Å². The Morgan fingerprint density at radius 2 is 1.94 bits per heavy atom. The first kappa shape index (κ1) is 10.8. The minimum atomic E-state index is -0.0940. The molecule has 0 saturated carbocycles.